The molecule has 182 valence electrons. The Balaban J connectivity index is 0.00000103. The molecule has 3 aromatic rings. The van der Waals surface area contributed by atoms with Crippen LogP contribution in [0.2, 0.25) is 0 Å². The molecule has 1 aromatic carbocycles. The number of fused-ring (bicyclic) bond motifs is 1. The van der Waals surface area contributed by atoms with Crippen LogP contribution in [0.1, 0.15) is 37.0 Å². The van der Waals surface area contributed by atoms with Crippen LogP contribution in [0.3, 0.4) is 0 Å². The Labute approximate surface area is 198 Å². The quantitative estimate of drug-likeness (QED) is 0.446. The number of nitrogens with one attached hydrogen (secondary N) is 2. The molecule has 34 heavy (non-hydrogen) atoms. The number of piperidine rings is 1. The first-order chi connectivity index (χ1) is 16.5. The van der Waals surface area contributed by atoms with Crippen LogP contribution in [-0.4, -0.2) is 69.5 Å². The van der Waals surface area contributed by atoms with Crippen LogP contribution < -0.4 is 20.3 Å². The molecule has 0 bridgehead atoms. The van der Waals surface area contributed by atoms with Crippen LogP contribution in [-0.2, 0) is 11.8 Å². The van der Waals surface area contributed by atoms with Gasteiger partial charge in [-0.05, 0) is 58.0 Å². The Morgan fingerprint density at radius 3 is 2.76 bits per heavy atom. The molecule has 1 aliphatic heterocycles. The minimum atomic E-state index is -0.303. The van der Waals surface area contributed by atoms with Crippen LogP contribution >= 0.6 is 0 Å². The molecule has 0 spiro atoms. The SMILES string of the molecule is CCOc1nc(N(CC)C2CCNCC2)ncc1C(=O)Nc1ccc2nn(C)cc2c1.O=CO. The van der Waals surface area contributed by atoms with Gasteiger partial charge >= 0.3 is 0 Å². The zero-order chi connectivity index (χ0) is 24.5. The number of hydrogen-bond acceptors (Lipinski definition) is 8. The third-order valence-corrected chi connectivity index (χ3v) is 5.49. The Morgan fingerprint density at radius 1 is 1.35 bits per heavy atom. The molecule has 1 amide bonds. The van der Waals surface area contributed by atoms with Crippen molar-refractivity contribution in [1.82, 2.24) is 25.1 Å². The summed E-state index contributed by atoms with van der Waals surface area (Å²) in [6, 6.07) is 5.99. The van der Waals surface area contributed by atoms with Crippen LogP contribution in [0.4, 0.5) is 11.6 Å². The second kappa shape index (κ2) is 11.9. The van der Waals surface area contributed by atoms with Crippen molar-refractivity contribution < 1.29 is 19.4 Å². The van der Waals surface area contributed by atoms with E-state index in [4.69, 9.17) is 14.6 Å². The lowest BCUT2D eigenvalue weighted by molar-refractivity contribution is -0.122. The molecule has 11 heteroatoms. The lowest BCUT2D eigenvalue weighted by atomic mass is 10.1. The molecule has 3 heterocycles. The molecule has 1 fully saturated rings. The average Bonchev–Trinajstić information content (AvgIpc) is 3.20. The van der Waals surface area contributed by atoms with Crippen molar-refractivity contribution in [1.29, 1.82) is 0 Å². The highest BCUT2D eigenvalue weighted by atomic mass is 16.5. The lowest BCUT2D eigenvalue weighted by Gasteiger charge is -2.34. The Hall–Kier alpha value is -3.73. The number of anilines is 2. The van der Waals surface area contributed by atoms with E-state index in [1.807, 2.05) is 38.4 Å². The summed E-state index contributed by atoms with van der Waals surface area (Å²) in [5.41, 5.74) is 1.88. The van der Waals surface area contributed by atoms with Gasteiger partial charge in [0.2, 0.25) is 11.8 Å². The lowest BCUT2D eigenvalue weighted by Crippen LogP contribution is -2.44. The van der Waals surface area contributed by atoms with E-state index in [1.165, 1.54) is 0 Å². The smallest absolute Gasteiger partial charge is 0.290 e. The zero-order valence-corrected chi connectivity index (χ0v) is 19.7. The van der Waals surface area contributed by atoms with Crippen LogP contribution in [0, 0.1) is 0 Å². The van der Waals surface area contributed by atoms with Crippen molar-refractivity contribution in [2.24, 2.45) is 7.05 Å². The molecule has 0 atom stereocenters. The summed E-state index contributed by atoms with van der Waals surface area (Å²) in [7, 11) is 1.87. The number of nitrogens with zero attached hydrogens (tertiary/aromatic N) is 5. The Kier molecular flexibility index (Phi) is 8.74. The summed E-state index contributed by atoms with van der Waals surface area (Å²) in [5, 5.41) is 18.5. The topological polar surface area (TPSA) is 134 Å². The van der Waals surface area contributed by atoms with Gasteiger partial charge in [-0.3, -0.25) is 14.3 Å². The monoisotopic (exact) mass is 469 g/mol. The van der Waals surface area contributed by atoms with E-state index < -0.39 is 0 Å². The largest absolute Gasteiger partial charge is 0.483 e. The van der Waals surface area contributed by atoms with E-state index in [1.54, 1.807) is 10.9 Å². The van der Waals surface area contributed by atoms with Gasteiger partial charge in [-0.15, -0.1) is 0 Å². The summed E-state index contributed by atoms with van der Waals surface area (Å²) >= 11 is 0. The summed E-state index contributed by atoms with van der Waals surface area (Å²) in [4.78, 5) is 32.7. The maximum absolute atomic E-state index is 13.0. The fourth-order valence-corrected chi connectivity index (χ4v) is 4.00. The van der Waals surface area contributed by atoms with Gasteiger partial charge in [0.25, 0.3) is 12.4 Å². The summed E-state index contributed by atoms with van der Waals surface area (Å²) < 4.78 is 7.48. The van der Waals surface area contributed by atoms with Gasteiger partial charge in [-0.25, -0.2) is 4.98 Å². The molecule has 3 N–H and O–H groups in total. The third kappa shape index (κ3) is 5.98. The number of benzene rings is 1. The number of amides is 1. The third-order valence-electron chi connectivity index (χ3n) is 5.49. The van der Waals surface area contributed by atoms with Crippen LogP contribution in [0.5, 0.6) is 5.88 Å². The van der Waals surface area contributed by atoms with Gasteiger partial charge in [0.05, 0.1) is 12.1 Å². The molecule has 4 rings (SSSR count). The molecule has 2 aromatic heterocycles. The highest BCUT2D eigenvalue weighted by molar-refractivity contribution is 6.06. The molecular formula is C23H31N7O4. The number of ether oxygens (including phenoxy) is 1. The van der Waals surface area contributed by atoms with Gasteiger partial charge < -0.3 is 25.4 Å². The normalized spacial score (nSPS) is 13.6. The zero-order valence-electron chi connectivity index (χ0n) is 19.7. The predicted molar refractivity (Wildman–Crippen MR) is 129 cm³/mol. The van der Waals surface area contributed by atoms with Gasteiger partial charge in [-0.2, -0.15) is 10.1 Å². The first-order valence-electron chi connectivity index (χ1n) is 11.3. The maximum atomic E-state index is 13.0. The van der Waals surface area contributed by atoms with E-state index in [2.05, 4.69) is 37.5 Å². The minimum absolute atomic E-state index is 0.250. The number of carbonyl (C=O) groups is 2. The van der Waals surface area contributed by atoms with Crippen molar-refractivity contribution >= 4 is 34.9 Å². The van der Waals surface area contributed by atoms with Crippen LogP contribution in [0.25, 0.3) is 10.9 Å². The Morgan fingerprint density at radius 2 is 2.09 bits per heavy atom. The summed E-state index contributed by atoms with van der Waals surface area (Å²) in [6.45, 7) is 6.92. The molecule has 0 unspecified atom stereocenters. The number of carbonyl (C=O) groups excluding carboxylic acids is 1. The number of aryl methyl sites for hydroxylation is 1. The fourth-order valence-electron chi connectivity index (χ4n) is 4.00. The van der Waals surface area contributed by atoms with Gasteiger partial charge in [-0.1, -0.05) is 0 Å². The predicted octanol–water partition coefficient (Wildman–Crippen LogP) is 2.29. The van der Waals surface area contributed by atoms with E-state index in [0.29, 0.717) is 35.7 Å². The van der Waals surface area contributed by atoms with Gasteiger partial charge in [0.1, 0.15) is 5.56 Å². The van der Waals surface area contributed by atoms with Crippen molar-refractivity contribution in [3.63, 3.8) is 0 Å². The highest BCUT2D eigenvalue weighted by Crippen LogP contribution is 2.24. The summed E-state index contributed by atoms with van der Waals surface area (Å²) in [5.74, 6) is 0.606. The van der Waals surface area contributed by atoms with E-state index in [9.17, 15) is 4.79 Å². The minimum Gasteiger partial charge on any atom is -0.483 e. The number of hydrogen-bond donors (Lipinski definition) is 3. The number of carboxylic acid groups (broad SMARTS) is 1. The first-order valence-corrected chi connectivity index (χ1v) is 11.3. The number of aromatic nitrogens is 4. The van der Waals surface area contributed by atoms with Crippen molar-refractivity contribution in [3.8, 4) is 5.88 Å². The van der Waals surface area contributed by atoms with E-state index in [0.717, 1.165) is 43.4 Å². The van der Waals surface area contributed by atoms with Crippen molar-refractivity contribution in [3.05, 3.63) is 36.2 Å². The highest BCUT2D eigenvalue weighted by Gasteiger charge is 2.24. The van der Waals surface area contributed by atoms with Gasteiger partial charge in [0, 0.05) is 43.1 Å². The standard InChI is InChI=1S/C22H29N7O2.CH2O2/c1-4-29(17-8-10-23-11-9-17)22-24-13-18(21(26-22)31-5-2)20(30)25-16-6-7-19-15(12-16)14-28(3)27-19;2-1-3/h6-7,12-14,17,23H,4-5,8-11H2,1-3H3,(H,25,30);1H,(H,2,3). The van der Waals surface area contributed by atoms with E-state index >= 15 is 0 Å². The second-order valence-electron chi connectivity index (χ2n) is 7.72. The van der Waals surface area contributed by atoms with Gasteiger partial charge in [0.15, 0.2) is 0 Å². The fraction of sp³-hybridized carbons (Fsp3) is 0.435. The van der Waals surface area contributed by atoms with Crippen molar-refractivity contribution in [2.75, 3.05) is 36.5 Å². The molecule has 11 nitrogen and oxygen atoms in total. The van der Waals surface area contributed by atoms with E-state index in [-0.39, 0.29) is 12.4 Å². The Bertz CT molecular complexity index is 1110. The maximum Gasteiger partial charge on any atom is 0.290 e. The molecule has 1 aliphatic rings. The number of rotatable bonds is 7. The second-order valence-corrected chi connectivity index (χ2v) is 7.72. The molecule has 0 aliphatic carbocycles. The molecule has 0 saturated carbocycles. The first kappa shape index (κ1) is 24.9. The summed E-state index contributed by atoms with van der Waals surface area (Å²) in [6.07, 6.45) is 5.56. The van der Waals surface area contributed by atoms with Crippen LogP contribution in [0.15, 0.2) is 30.6 Å². The van der Waals surface area contributed by atoms with Crippen molar-refractivity contribution in [2.45, 2.75) is 32.7 Å². The average molecular weight is 470 g/mol. The molecular weight excluding hydrogens is 438 g/mol. The molecule has 1 saturated heterocycles. The molecule has 0 radical (unpaired) electrons.